The summed E-state index contributed by atoms with van der Waals surface area (Å²) >= 11 is 0. The third-order valence-corrected chi connectivity index (χ3v) is 5.47. The van der Waals surface area contributed by atoms with E-state index >= 15 is 0 Å². The van der Waals surface area contributed by atoms with Gasteiger partial charge in [-0.25, -0.2) is 15.0 Å². The van der Waals surface area contributed by atoms with Gasteiger partial charge in [0.1, 0.15) is 0 Å². The zero-order valence-electron chi connectivity index (χ0n) is 19.0. The predicted molar refractivity (Wildman–Crippen MR) is 79.4 cm³/mol. The van der Waals surface area contributed by atoms with Crippen LogP contribution in [0.2, 0.25) is 0 Å². The van der Waals surface area contributed by atoms with E-state index in [0.29, 0.717) is 15.0 Å². The Morgan fingerprint density at radius 2 is 0.289 bits per heavy atom. The molecule has 3 nitrogen and oxygen atoms in total. The van der Waals surface area contributed by atoms with E-state index in [1.165, 1.54) is 0 Å². The standard InChI is InChI=1S/C15F27N3/c16-7(17,18)4(8(19,20)21,9(22,23)24)1-43-2(5(10(25,26)27,11(28,29)30)12(31,32)33)45-3(44-1)6(13(34,35)36,14(37,38)39)15(40,41)42. The molecule has 0 amide bonds. The highest BCUT2D eigenvalue weighted by atomic mass is 19.5. The molecule has 0 aliphatic carbocycles. The van der Waals surface area contributed by atoms with Gasteiger partial charge in [-0.05, 0) is 0 Å². The van der Waals surface area contributed by atoms with Crippen molar-refractivity contribution in [1.82, 2.24) is 15.0 Å². The van der Waals surface area contributed by atoms with E-state index in [1.807, 2.05) is 0 Å². The van der Waals surface area contributed by atoms with Crippen LogP contribution in [0.4, 0.5) is 119 Å². The molecule has 45 heavy (non-hydrogen) atoms. The molecule has 0 atom stereocenters. The molecule has 0 unspecified atom stereocenters. The van der Waals surface area contributed by atoms with Crippen molar-refractivity contribution in [3.63, 3.8) is 0 Å². The molecular weight excluding hydrogens is 735 g/mol. The summed E-state index contributed by atoms with van der Waals surface area (Å²) in [5, 5.41) is 0. The largest absolute Gasteiger partial charge is 0.419 e. The monoisotopic (exact) mass is 735 g/mol. The minimum absolute atomic E-state index is 0.493. The molecule has 1 rings (SSSR count). The van der Waals surface area contributed by atoms with Gasteiger partial charge in [0.05, 0.1) is 0 Å². The Hall–Kier alpha value is -2.88. The maximum atomic E-state index is 13.4. The maximum Gasteiger partial charge on any atom is 0.419 e. The number of nitrogens with zero attached hydrogens (tertiary/aromatic N) is 3. The van der Waals surface area contributed by atoms with Crippen LogP contribution in [0, 0.1) is 0 Å². The molecule has 0 aromatic carbocycles. The first-order valence-electron chi connectivity index (χ1n) is 9.44. The summed E-state index contributed by atoms with van der Waals surface area (Å²) in [5.41, 5.74) is -25.8. The van der Waals surface area contributed by atoms with Crippen molar-refractivity contribution in [2.24, 2.45) is 0 Å². The molecule has 0 N–H and O–H groups in total. The van der Waals surface area contributed by atoms with Gasteiger partial charge >= 0.3 is 71.8 Å². The zero-order chi connectivity index (χ0) is 36.9. The Labute approximate surface area is 224 Å². The van der Waals surface area contributed by atoms with Gasteiger partial charge < -0.3 is 0 Å². The Morgan fingerprint density at radius 3 is 0.356 bits per heavy atom. The lowest BCUT2D eigenvalue weighted by atomic mass is 9.80. The van der Waals surface area contributed by atoms with Gasteiger partial charge in [-0.3, -0.25) is 0 Å². The van der Waals surface area contributed by atoms with Crippen molar-refractivity contribution in [2.45, 2.75) is 71.8 Å². The fraction of sp³-hybridized carbons (Fsp3) is 0.800. The van der Waals surface area contributed by atoms with Crippen LogP contribution in [0.5, 0.6) is 0 Å². The van der Waals surface area contributed by atoms with Crippen LogP contribution >= 0.6 is 0 Å². The van der Waals surface area contributed by atoms with E-state index in [-0.39, 0.29) is 0 Å². The zero-order valence-corrected chi connectivity index (χ0v) is 19.0. The molecule has 0 bridgehead atoms. The average molecular weight is 735 g/mol. The fourth-order valence-corrected chi connectivity index (χ4v) is 3.47. The van der Waals surface area contributed by atoms with E-state index < -0.39 is 89.3 Å². The van der Waals surface area contributed by atoms with E-state index in [2.05, 4.69) is 0 Å². The highest BCUT2D eigenvalue weighted by Crippen LogP contribution is 2.65. The Bertz CT molecular complexity index is 950. The summed E-state index contributed by atoms with van der Waals surface area (Å²) in [6.07, 6.45) is -77.3. The van der Waals surface area contributed by atoms with E-state index in [4.69, 9.17) is 0 Å². The number of hydrogen-bond donors (Lipinski definition) is 0. The number of aromatic nitrogens is 3. The second kappa shape index (κ2) is 10.1. The molecular formula is C15F27N3. The van der Waals surface area contributed by atoms with Crippen molar-refractivity contribution in [2.75, 3.05) is 0 Å². The molecule has 264 valence electrons. The summed E-state index contributed by atoms with van der Waals surface area (Å²) in [6, 6.07) is 0. The molecule has 0 spiro atoms. The summed E-state index contributed by atoms with van der Waals surface area (Å²) in [5.74, 6) is -16.3. The molecule has 0 saturated carbocycles. The number of rotatable bonds is 3. The first kappa shape index (κ1) is 40.1. The normalized spacial score (nSPS) is 16.3. The Morgan fingerprint density at radius 1 is 0.200 bits per heavy atom. The van der Waals surface area contributed by atoms with E-state index in [9.17, 15) is 119 Å². The fourth-order valence-electron chi connectivity index (χ4n) is 3.47. The smallest absolute Gasteiger partial charge is 0.215 e. The van der Waals surface area contributed by atoms with Crippen LogP contribution < -0.4 is 0 Å². The summed E-state index contributed by atoms with van der Waals surface area (Å²) in [6.45, 7) is 0. The van der Waals surface area contributed by atoms with Gasteiger partial charge in [0.2, 0.25) is 0 Å². The molecule has 1 heterocycles. The van der Waals surface area contributed by atoms with Crippen LogP contribution in [-0.4, -0.2) is 70.5 Å². The Kier molecular flexibility index (Phi) is 8.97. The average Bonchev–Trinajstić information content (AvgIpc) is 2.57. The number of alkyl halides is 27. The van der Waals surface area contributed by atoms with Gasteiger partial charge in [0.25, 0.3) is 0 Å². The van der Waals surface area contributed by atoms with Gasteiger partial charge in [-0.15, -0.1) is 0 Å². The van der Waals surface area contributed by atoms with Crippen molar-refractivity contribution in [3.05, 3.63) is 17.5 Å². The molecule has 0 radical (unpaired) electrons. The van der Waals surface area contributed by atoms with Gasteiger partial charge in [-0.1, -0.05) is 0 Å². The topological polar surface area (TPSA) is 38.7 Å². The first-order chi connectivity index (χ1) is 19.1. The highest BCUT2D eigenvalue weighted by Gasteiger charge is 2.91. The molecule has 0 saturated heterocycles. The van der Waals surface area contributed by atoms with Crippen LogP contribution in [0.25, 0.3) is 0 Å². The highest BCUT2D eigenvalue weighted by molar-refractivity contribution is 5.31. The molecule has 0 fully saturated rings. The predicted octanol–water partition coefficient (Wildman–Crippen LogP) is 8.65. The SMILES string of the molecule is FC(F)(F)C(c1nc(C(C(F)(F)F)(C(F)(F)F)C(F)(F)F)nc(C(C(F)(F)F)(C(F)(F)F)C(F)(F)F)n1)(C(F)(F)F)C(F)(F)F. The van der Waals surface area contributed by atoms with Gasteiger partial charge in [-0.2, -0.15) is 119 Å². The third-order valence-electron chi connectivity index (χ3n) is 5.47. The summed E-state index contributed by atoms with van der Waals surface area (Å²) in [7, 11) is 0. The van der Waals surface area contributed by atoms with Crippen molar-refractivity contribution in [1.29, 1.82) is 0 Å². The lowest BCUT2D eigenvalue weighted by Gasteiger charge is -2.41. The number of halogens is 27. The lowest BCUT2D eigenvalue weighted by Crippen LogP contribution is -2.68. The van der Waals surface area contributed by atoms with Crippen molar-refractivity contribution in [3.8, 4) is 0 Å². The summed E-state index contributed by atoms with van der Waals surface area (Å²) in [4.78, 5) is 1.48. The molecule has 0 aliphatic heterocycles. The van der Waals surface area contributed by atoms with Crippen LogP contribution in [0.1, 0.15) is 17.5 Å². The van der Waals surface area contributed by atoms with E-state index in [0.717, 1.165) is 0 Å². The molecule has 0 aliphatic rings. The summed E-state index contributed by atoms with van der Waals surface area (Å²) < 4.78 is 363. The van der Waals surface area contributed by atoms with Gasteiger partial charge in [0, 0.05) is 0 Å². The lowest BCUT2D eigenvalue weighted by molar-refractivity contribution is -0.393. The molecule has 1 aromatic rings. The second-order valence-electron chi connectivity index (χ2n) is 8.04. The van der Waals surface area contributed by atoms with E-state index in [1.54, 1.807) is 0 Å². The quantitative estimate of drug-likeness (QED) is 0.292. The second-order valence-corrected chi connectivity index (χ2v) is 8.04. The number of hydrogen-bond acceptors (Lipinski definition) is 3. The van der Waals surface area contributed by atoms with Crippen LogP contribution in [0.15, 0.2) is 0 Å². The van der Waals surface area contributed by atoms with Gasteiger partial charge in [0.15, 0.2) is 17.5 Å². The maximum absolute atomic E-state index is 13.4. The first-order valence-corrected chi connectivity index (χ1v) is 9.44. The molecule has 30 heteroatoms. The molecule has 1 aromatic heterocycles. The Balaban J connectivity index is 5.27. The third kappa shape index (κ3) is 5.38. The minimum atomic E-state index is -8.59. The van der Waals surface area contributed by atoms with Crippen molar-refractivity contribution >= 4 is 0 Å². The minimum Gasteiger partial charge on any atom is -0.215 e. The van der Waals surface area contributed by atoms with Crippen molar-refractivity contribution < 1.29 is 119 Å². The van der Waals surface area contributed by atoms with Crippen LogP contribution in [0.3, 0.4) is 0 Å². The van der Waals surface area contributed by atoms with Crippen LogP contribution in [-0.2, 0) is 16.2 Å².